The van der Waals surface area contributed by atoms with E-state index in [1.165, 1.54) is 11.0 Å². The summed E-state index contributed by atoms with van der Waals surface area (Å²) in [5.41, 5.74) is 4.10. The topological polar surface area (TPSA) is 266 Å². The van der Waals surface area contributed by atoms with Crippen LogP contribution in [0.4, 0.5) is 33.3 Å². The van der Waals surface area contributed by atoms with E-state index in [1.807, 2.05) is 53.7 Å². The zero-order valence-corrected chi connectivity index (χ0v) is 42.8. The van der Waals surface area contributed by atoms with Crippen molar-refractivity contribution in [3.63, 3.8) is 0 Å². The van der Waals surface area contributed by atoms with Crippen LogP contribution in [-0.4, -0.2) is 123 Å². The smallest absolute Gasteiger partial charge is 0.339 e. The van der Waals surface area contributed by atoms with Gasteiger partial charge in [-0.15, -0.1) is 18.0 Å². The number of imide groups is 1. The molecule has 3 aliphatic rings. The van der Waals surface area contributed by atoms with E-state index in [0.29, 0.717) is 42.5 Å². The summed E-state index contributed by atoms with van der Waals surface area (Å²) in [7, 11) is -2.46. The van der Waals surface area contributed by atoms with Crippen molar-refractivity contribution in [2.75, 3.05) is 77.5 Å². The quantitative estimate of drug-likeness (QED) is 0.0437. The van der Waals surface area contributed by atoms with Crippen molar-refractivity contribution < 1.29 is 57.3 Å². The van der Waals surface area contributed by atoms with Gasteiger partial charge in [-0.05, 0) is 102 Å². The minimum absolute atomic E-state index is 0.0170. The van der Waals surface area contributed by atoms with Gasteiger partial charge in [0.25, 0.3) is 17.7 Å². The number of carboxylic acids is 1. The SMILES string of the molecule is C#CCN1C(=O)COc2cc(F)c(N3C(=O)C4=C(CCCC4)C3=O)cc21.CCNc1nc(Cl)nc(NC(C)(C)C)n1.CCc1cccc(C)c1N(C(=O)CCl)C(C)COC.O=C(O)CNCP(=O)(O)O. The van der Waals surface area contributed by atoms with Gasteiger partial charge in [0.15, 0.2) is 12.4 Å². The first-order valence-corrected chi connectivity index (χ1v) is 24.8. The number of aryl methyl sites for hydroxylation is 2. The van der Waals surface area contributed by atoms with Crippen LogP contribution in [-0.2, 0) is 39.7 Å². The Morgan fingerprint density at radius 3 is 2.21 bits per heavy atom. The molecule has 0 bridgehead atoms. The molecule has 0 saturated carbocycles. The number of para-hydroxylation sites is 1. The molecule has 1 unspecified atom stereocenters. The van der Waals surface area contributed by atoms with Gasteiger partial charge < -0.3 is 39.9 Å². The lowest BCUT2D eigenvalue weighted by Gasteiger charge is -2.31. The standard InChI is InChI=1S/C19H15FN2O4.C15H22ClNO2.C9H16ClN5.C3H8NO5P/c1-2-7-21-15-9-14(13(20)8-16(15)26-10-17(21)23)22-18(24)11-5-3-4-6-12(11)19(22)25;1-5-13-8-6-7-11(2)15(13)17(14(18)9-16)12(3)10-19-4;1-5-11-7-12-6(10)13-8(14-7)15-9(2,3)4;5-3(6)1-4-2-10(7,8)9/h1,8-9H,3-7,10H2;6-8,12H,5,9-10H2,1-4H3;5H2,1-4H3,(H2,11,12,13,14,15);4H,1-2H2,(H,5,6)(H2,7,8,9). The predicted octanol–water partition coefficient (Wildman–Crippen LogP) is 6.06. The number of alkyl halides is 1. The maximum absolute atomic E-state index is 14.7. The first kappa shape index (κ1) is 58.6. The molecule has 1 aliphatic carbocycles. The summed E-state index contributed by atoms with van der Waals surface area (Å²) in [4.78, 5) is 91.8. The van der Waals surface area contributed by atoms with E-state index >= 15 is 0 Å². The van der Waals surface area contributed by atoms with E-state index in [0.717, 1.165) is 53.6 Å². The van der Waals surface area contributed by atoms with Crippen LogP contribution >= 0.6 is 30.8 Å². The molecule has 24 heteroatoms. The van der Waals surface area contributed by atoms with Crippen molar-refractivity contribution in [3.05, 3.63) is 63.7 Å². The molecular formula is C46H61Cl2FN9O11P. The van der Waals surface area contributed by atoms with Gasteiger partial charge in [0, 0.05) is 36.4 Å². The van der Waals surface area contributed by atoms with E-state index in [4.69, 9.17) is 54.0 Å². The van der Waals surface area contributed by atoms with Gasteiger partial charge >= 0.3 is 13.6 Å². The van der Waals surface area contributed by atoms with E-state index in [9.17, 15) is 32.9 Å². The molecule has 3 aromatic rings. The number of aliphatic carboxylic acids is 1. The highest BCUT2D eigenvalue weighted by atomic mass is 35.5. The second-order valence-electron chi connectivity index (χ2n) is 16.8. The predicted molar refractivity (Wildman–Crippen MR) is 266 cm³/mol. The summed E-state index contributed by atoms with van der Waals surface area (Å²) in [5, 5.41) is 16.4. The van der Waals surface area contributed by atoms with Crippen molar-refractivity contribution in [2.45, 2.75) is 92.2 Å². The summed E-state index contributed by atoms with van der Waals surface area (Å²) in [6.07, 6.45) is 8.29. The normalized spacial score (nSPS) is 14.5. The number of nitrogens with zero attached hydrogens (tertiary/aromatic N) is 6. The third-order valence-electron chi connectivity index (χ3n) is 10.1. The summed E-state index contributed by atoms with van der Waals surface area (Å²) in [6.45, 7) is 14.6. The molecule has 382 valence electrons. The summed E-state index contributed by atoms with van der Waals surface area (Å²) >= 11 is 11.5. The van der Waals surface area contributed by atoms with Crippen LogP contribution in [0, 0.1) is 25.1 Å². The maximum atomic E-state index is 14.7. The number of hydrogen-bond donors (Lipinski definition) is 6. The number of ether oxygens (including phenoxy) is 2. The van der Waals surface area contributed by atoms with Crippen LogP contribution in [0.25, 0.3) is 0 Å². The molecule has 6 N–H and O–H groups in total. The fourth-order valence-electron chi connectivity index (χ4n) is 7.21. The third-order valence-corrected chi connectivity index (χ3v) is 11.1. The van der Waals surface area contributed by atoms with Crippen molar-refractivity contribution in [1.29, 1.82) is 0 Å². The van der Waals surface area contributed by atoms with E-state index in [1.54, 1.807) is 12.0 Å². The number of halogens is 3. The number of carboxylic acid groups (broad SMARTS) is 1. The Labute approximate surface area is 416 Å². The number of amides is 4. The molecule has 0 saturated heterocycles. The molecule has 2 aromatic carbocycles. The Morgan fingerprint density at radius 1 is 1.06 bits per heavy atom. The maximum Gasteiger partial charge on any atom is 0.339 e. The molecular weight excluding hydrogens is 975 g/mol. The van der Waals surface area contributed by atoms with E-state index < -0.39 is 44.0 Å². The number of methoxy groups -OCH3 is 1. The number of fused-ring (bicyclic) bond motifs is 1. The molecule has 0 radical (unpaired) electrons. The van der Waals surface area contributed by atoms with Gasteiger partial charge in [-0.25, -0.2) is 9.29 Å². The number of carbonyl (C=O) groups excluding carboxylic acids is 4. The molecule has 2 aliphatic heterocycles. The summed E-state index contributed by atoms with van der Waals surface area (Å²) in [5.74, 6) is 0.125. The van der Waals surface area contributed by atoms with Crippen LogP contribution in [0.1, 0.15) is 78.4 Å². The molecule has 20 nitrogen and oxygen atoms in total. The van der Waals surface area contributed by atoms with Crippen molar-refractivity contribution >= 4 is 89.4 Å². The fourth-order valence-corrected chi connectivity index (χ4v) is 7.90. The molecule has 3 heterocycles. The summed E-state index contributed by atoms with van der Waals surface area (Å²) in [6, 6.07) is 8.41. The Bertz CT molecular complexity index is 2470. The number of terminal acetylenes is 1. The first-order valence-electron chi connectivity index (χ1n) is 22.1. The average molecular weight is 1040 g/mol. The number of hydrogen-bond acceptors (Lipinski definition) is 14. The van der Waals surface area contributed by atoms with E-state index in [-0.39, 0.29) is 64.8 Å². The van der Waals surface area contributed by atoms with Gasteiger partial charge in [0.1, 0.15) is 11.6 Å². The minimum Gasteiger partial charge on any atom is -0.481 e. The monoisotopic (exact) mass is 1040 g/mol. The number of rotatable bonds is 15. The molecule has 0 fully saturated rings. The van der Waals surface area contributed by atoms with Crippen molar-refractivity contribution in [2.24, 2.45) is 0 Å². The minimum atomic E-state index is -4.10. The van der Waals surface area contributed by atoms with Crippen LogP contribution in [0.5, 0.6) is 5.75 Å². The highest BCUT2D eigenvalue weighted by molar-refractivity contribution is 7.51. The lowest BCUT2D eigenvalue weighted by atomic mass is 9.93. The fraction of sp³-hybridized carbons (Fsp3) is 0.478. The molecule has 1 atom stereocenters. The first-order chi connectivity index (χ1) is 32.9. The second-order valence-corrected chi connectivity index (χ2v) is 19.0. The van der Waals surface area contributed by atoms with Gasteiger partial charge in [-0.3, -0.25) is 38.8 Å². The Balaban J connectivity index is 0.000000262. The number of carbonyl (C=O) groups is 5. The molecule has 70 heavy (non-hydrogen) atoms. The Kier molecular flexibility index (Phi) is 22.6. The lowest BCUT2D eigenvalue weighted by Crippen LogP contribution is -2.43. The highest BCUT2D eigenvalue weighted by Crippen LogP contribution is 2.42. The Hall–Kier alpha value is -5.72. The molecule has 1 aromatic heterocycles. The van der Waals surface area contributed by atoms with E-state index in [2.05, 4.69) is 49.8 Å². The van der Waals surface area contributed by atoms with Gasteiger partial charge in [-0.1, -0.05) is 31.0 Å². The second kappa shape index (κ2) is 27.0. The van der Waals surface area contributed by atoms with Crippen molar-refractivity contribution in [1.82, 2.24) is 20.3 Å². The van der Waals surface area contributed by atoms with Crippen LogP contribution < -0.4 is 35.4 Å². The average Bonchev–Trinajstić information content (AvgIpc) is 3.52. The summed E-state index contributed by atoms with van der Waals surface area (Å²) < 4.78 is 35.2. The van der Waals surface area contributed by atoms with Crippen LogP contribution in [0.15, 0.2) is 41.5 Å². The van der Waals surface area contributed by atoms with Crippen molar-refractivity contribution in [3.8, 4) is 18.1 Å². The zero-order valence-electron chi connectivity index (χ0n) is 40.4. The molecule has 6 rings (SSSR count). The van der Waals surface area contributed by atoms with Crippen LogP contribution in [0.3, 0.4) is 0 Å². The molecule has 4 amide bonds. The van der Waals surface area contributed by atoms with Gasteiger partial charge in [-0.2, -0.15) is 15.0 Å². The highest BCUT2D eigenvalue weighted by Gasteiger charge is 2.42. The number of anilines is 5. The Morgan fingerprint density at radius 2 is 1.69 bits per heavy atom. The number of benzene rings is 2. The lowest BCUT2D eigenvalue weighted by molar-refractivity contribution is -0.136. The molecule has 0 spiro atoms. The van der Waals surface area contributed by atoms with Gasteiger partial charge in [0.05, 0.1) is 49.1 Å². The third kappa shape index (κ3) is 17.0. The van der Waals surface area contributed by atoms with Gasteiger partial charge in [0.2, 0.25) is 23.1 Å². The number of aromatic nitrogens is 3. The number of nitrogens with one attached hydrogen (secondary N) is 3. The largest absolute Gasteiger partial charge is 0.481 e. The van der Waals surface area contributed by atoms with Crippen LogP contribution in [0.2, 0.25) is 5.28 Å². The zero-order chi connectivity index (χ0) is 52.5.